The van der Waals surface area contributed by atoms with E-state index in [2.05, 4.69) is 5.32 Å². The van der Waals surface area contributed by atoms with Crippen LogP contribution in [0.4, 0.5) is 0 Å². The van der Waals surface area contributed by atoms with Gasteiger partial charge in [-0.15, -0.1) is 0 Å². The van der Waals surface area contributed by atoms with E-state index >= 15 is 0 Å². The van der Waals surface area contributed by atoms with Crippen molar-refractivity contribution in [2.24, 2.45) is 11.3 Å². The van der Waals surface area contributed by atoms with Crippen LogP contribution >= 0.6 is 0 Å². The second-order valence-corrected chi connectivity index (χ2v) is 6.43. The van der Waals surface area contributed by atoms with E-state index in [0.29, 0.717) is 6.54 Å². The molecule has 1 unspecified atom stereocenters. The maximum Gasteiger partial charge on any atom is 0.326 e. The van der Waals surface area contributed by atoms with Crippen LogP contribution < -0.4 is 5.32 Å². The van der Waals surface area contributed by atoms with E-state index in [1.807, 2.05) is 6.92 Å². The highest BCUT2D eigenvalue weighted by Crippen LogP contribution is 2.42. The van der Waals surface area contributed by atoms with Gasteiger partial charge in [-0.25, -0.2) is 0 Å². The summed E-state index contributed by atoms with van der Waals surface area (Å²) in [5, 5.41) is 12.6. The molecule has 0 bridgehead atoms. The molecule has 0 aromatic heterocycles. The zero-order valence-corrected chi connectivity index (χ0v) is 12.2. The van der Waals surface area contributed by atoms with Crippen LogP contribution in [0.25, 0.3) is 0 Å². The second kappa shape index (κ2) is 4.84. The van der Waals surface area contributed by atoms with E-state index in [1.165, 1.54) is 0 Å². The van der Waals surface area contributed by atoms with Crippen LogP contribution in [-0.2, 0) is 14.4 Å². The van der Waals surface area contributed by atoms with Crippen molar-refractivity contribution in [2.75, 3.05) is 13.1 Å². The fourth-order valence-electron chi connectivity index (χ4n) is 2.98. The Bertz CT molecular complexity index is 456. The number of hydrogen-bond acceptors (Lipinski definition) is 4. The number of carboxylic acids is 1. The Hall–Kier alpha value is -1.43. The number of amides is 2. The Morgan fingerprint density at radius 3 is 2.40 bits per heavy atom. The number of likely N-dealkylation sites (N-methyl/N-ethyl adjacent to an activating group) is 1. The number of carbonyl (C=O) groups is 3. The molecule has 1 saturated carbocycles. The minimum absolute atomic E-state index is 0.00994. The van der Waals surface area contributed by atoms with E-state index in [0.717, 1.165) is 17.7 Å². The Labute approximate surface area is 118 Å². The first kappa shape index (κ1) is 15.0. The van der Waals surface area contributed by atoms with Crippen LogP contribution in [0.5, 0.6) is 0 Å². The molecule has 6 heteroatoms. The number of rotatable bonds is 6. The molecular formula is C14H22N2O4. The van der Waals surface area contributed by atoms with Crippen LogP contribution in [0.1, 0.15) is 40.0 Å². The lowest BCUT2D eigenvalue weighted by molar-refractivity contribution is -0.150. The molecule has 112 valence electrons. The molecule has 1 atom stereocenters. The SMILES string of the molecule is CCNC(CN1C(=O)CC(C)(C)C1=O)(C(=O)O)C1CC1. The third-order valence-electron chi connectivity index (χ3n) is 4.27. The summed E-state index contributed by atoms with van der Waals surface area (Å²) in [7, 11) is 0. The van der Waals surface area contributed by atoms with E-state index in [1.54, 1.807) is 13.8 Å². The zero-order chi connectivity index (χ0) is 15.1. The maximum absolute atomic E-state index is 12.3. The fraction of sp³-hybridized carbons (Fsp3) is 0.786. The smallest absolute Gasteiger partial charge is 0.326 e. The van der Waals surface area contributed by atoms with E-state index < -0.39 is 16.9 Å². The van der Waals surface area contributed by atoms with Gasteiger partial charge in [0, 0.05) is 6.42 Å². The van der Waals surface area contributed by atoms with Crippen molar-refractivity contribution in [3.8, 4) is 0 Å². The number of nitrogens with zero attached hydrogens (tertiary/aromatic N) is 1. The predicted octanol–water partition coefficient (Wildman–Crippen LogP) is 0.614. The summed E-state index contributed by atoms with van der Waals surface area (Å²) in [5.74, 6) is -1.53. The first-order valence-corrected chi connectivity index (χ1v) is 7.08. The number of nitrogens with one attached hydrogen (secondary N) is 1. The number of aliphatic carboxylic acids is 1. The lowest BCUT2D eigenvalue weighted by Crippen LogP contribution is -2.61. The number of carboxylic acid groups (broad SMARTS) is 1. The highest BCUT2D eigenvalue weighted by atomic mass is 16.4. The van der Waals surface area contributed by atoms with Gasteiger partial charge >= 0.3 is 5.97 Å². The molecule has 0 spiro atoms. The minimum atomic E-state index is -1.19. The molecular weight excluding hydrogens is 260 g/mol. The molecule has 2 N–H and O–H groups in total. The van der Waals surface area contributed by atoms with Crippen LogP contribution in [0.2, 0.25) is 0 Å². The molecule has 0 radical (unpaired) electrons. The van der Waals surface area contributed by atoms with Crippen molar-refractivity contribution < 1.29 is 19.5 Å². The summed E-state index contributed by atoms with van der Waals surface area (Å²) in [6, 6.07) is 0. The normalized spacial score (nSPS) is 24.9. The highest BCUT2D eigenvalue weighted by molar-refractivity contribution is 6.06. The molecule has 1 aliphatic carbocycles. The van der Waals surface area contributed by atoms with Crippen molar-refractivity contribution >= 4 is 17.8 Å². The quantitative estimate of drug-likeness (QED) is 0.697. The third-order valence-corrected chi connectivity index (χ3v) is 4.27. The highest BCUT2D eigenvalue weighted by Gasteiger charge is 2.55. The summed E-state index contributed by atoms with van der Waals surface area (Å²) < 4.78 is 0. The van der Waals surface area contributed by atoms with Crippen LogP contribution in [-0.4, -0.2) is 46.4 Å². The molecule has 1 saturated heterocycles. The Kier molecular flexibility index (Phi) is 3.62. The van der Waals surface area contributed by atoms with E-state index in [-0.39, 0.29) is 30.7 Å². The van der Waals surface area contributed by atoms with E-state index in [9.17, 15) is 19.5 Å². The monoisotopic (exact) mass is 282 g/mol. The van der Waals surface area contributed by atoms with Crippen LogP contribution in [0, 0.1) is 11.3 Å². The predicted molar refractivity (Wildman–Crippen MR) is 71.9 cm³/mol. The molecule has 6 nitrogen and oxygen atoms in total. The van der Waals surface area contributed by atoms with Gasteiger partial charge in [-0.2, -0.15) is 0 Å². The summed E-state index contributed by atoms with van der Waals surface area (Å²) in [6.45, 7) is 5.70. The van der Waals surface area contributed by atoms with Crippen LogP contribution in [0.15, 0.2) is 0 Å². The Balaban J connectivity index is 2.26. The van der Waals surface area contributed by atoms with Gasteiger partial charge in [-0.3, -0.25) is 19.3 Å². The van der Waals surface area contributed by atoms with Gasteiger partial charge in [0.05, 0.1) is 12.0 Å². The largest absolute Gasteiger partial charge is 0.480 e. The average Bonchev–Trinajstić information content (AvgIpc) is 3.13. The van der Waals surface area contributed by atoms with E-state index in [4.69, 9.17) is 0 Å². The molecule has 20 heavy (non-hydrogen) atoms. The van der Waals surface area contributed by atoms with Gasteiger partial charge in [0.2, 0.25) is 11.8 Å². The maximum atomic E-state index is 12.3. The first-order valence-electron chi connectivity index (χ1n) is 7.08. The van der Waals surface area contributed by atoms with Crippen molar-refractivity contribution in [2.45, 2.75) is 45.6 Å². The standard InChI is InChI=1S/C14H22N2O4/c1-4-15-14(12(19)20,9-5-6-9)8-16-10(17)7-13(2,3)11(16)18/h9,15H,4-8H2,1-3H3,(H,19,20). The van der Waals surface area contributed by atoms with Crippen molar-refractivity contribution in [1.29, 1.82) is 0 Å². The Morgan fingerprint density at radius 1 is 1.45 bits per heavy atom. The van der Waals surface area contributed by atoms with Crippen molar-refractivity contribution in [1.82, 2.24) is 10.2 Å². The molecule has 1 heterocycles. The van der Waals surface area contributed by atoms with Crippen molar-refractivity contribution in [3.05, 3.63) is 0 Å². The lowest BCUT2D eigenvalue weighted by Gasteiger charge is -2.34. The summed E-state index contributed by atoms with van der Waals surface area (Å²) >= 11 is 0. The molecule has 0 aromatic carbocycles. The molecule has 2 amide bonds. The number of hydrogen-bond donors (Lipinski definition) is 2. The average molecular weight is 282 g/mol. The molecule has 2 fully saturated rings. The van der Waals surface area contributed by atoms with Crippen LogP contribution in [0.3, 0.4) is 0 Å². The van der Waals surface area contributed by atoms with Crippen molar-refractivity contribution in [3.63, 3.8) is 0 Å². The zero-order valence-electron chi connectivity index (χ0n) is 12.2. The summed E-state index contributed by atoms with van der Waals surface area (Å²) in [6.07, 6.45) is 1.79. The fourth-order valence-corrected chi connectivity index (χ4v) is 2.98. The number of likely N-dealkylation sites (tertiary alicyclic amines) is 1. The molecule has 1 aliphatic heterocycles. The van der Waals surface area contributed by atoms with Gasteiger partial charge in [-0.05, 0) is 25.3 Å². The van der Waals surface area contributed by atoms with Gasteiger partial charge in [0.1, 0.15) is 5.54 Å². The molecule has 2 rings (SSSR count). The molecule has 0 aromatic rings. The lowest BCUT2D eigenvalue weighted by atomic mass is 9.90. The molecule has 2 aliphatic rings. The summed E-state index contributed by atoms with van der Waals surface area (Å²) in [4.78, 5) is 37.2. The third kappa shape index (κ3) is 2.32. The van der Waals surface area contributed by atoms with Gasteiger partial charge in [0.15, 0.2) is 0 Å². The first-order chi connectivity index (χ1) is 9.24. The Morgan fingerprint density at radius 2 is 2.05 bits per heavy atom. The van der Waals surface area contributed by atoms with Gasteiger partial charge in [0.25, 0.3) is 0 Å². The second-order valence-electron chi connectivity index (χ2n) is 6.43. The summed E-state index contributed by atoms with van der Waals surface area (Å²) in [5.41, 5.74) is -1.92. The number of carbonyl (C=O) groups excluding carboxylic acids is 2. The topological polar surface area (TPSA) is 86.7 Å². The van der Waals surface area contributed by atoms with Gasteiger partial charge in [-0.1, -0.05) is 20.8 Å². The van der Waals surface area contributed by atoms with Gasteiger partial charge < -0.3 is 10.4 Å². The number of imide groups is 1. The minimum Gasteiger partial charge on any atom is -0.480 e.